The summed E-state index contributed by atoms with van der Waals surface area (Å²) in [5.74, 6) is 1.75. The van der Waals surface area contributed by atoms with E-state index in [-0.39, 0.29) is 0 Å². The van der Waals surface area contributed by atoms with E-state index in [1.54, 1.807) is 0 Å². The van der Waals surface area contributed by atoms with E-state index < -0.39 is 0 Å². The molecule has 0 bridgehead atoms. The van der Waals surface area contributed by atoms with Gasteiger partial charge in [-0.1, -0.05) is 38.1 Å². The van der Waals surface area contributed by atoms with E-state index in [9.17, 15) is 0 Å². The second-order valence-electron chi connectivity index (χ2n) is 5.78. The summed E-state index contributed by atoms with van der Waals surface area (Å²) in [4.78, 5) is 7.84. The number of aromatic amines is 1. The fourth-order valence-electron chi connectivity index (χ4n) is 2.36. The second-order valence-corrected chi connectivity index (χ2v) is 5.78. The molecule has 0 aliphatic heterocycles. The molecule has 3 N–H and O–H groups in total. The van der Waals surface area contributed by atoms with Crippen molar-refractivity contribution in [2.45, 2.75) is 39.5 Å². The Morgan fingerprint density at radius 3 is 2.55 bits per heavy atom. The highest BCUT2D eigenvalue weighted by molar-refractivity contribution is 5.58. The molecule has 0 unspecified atom stereocenters. The van der Waals surface area contributed by atoms with Crippen LogP contribution in [0, 0.1) is 5.92 Å². The summed E-state index contributed by atoms with van der Waals surface area (Å²) in [7, 11) is 0. The van der Waals surface area contributed by atoms with Gasteiger partial charge >= 0.3 is 0 Å². The van der Waals surface area contributed by atoms with Crippen LogP contribution in [0.5, 0.6) is 0 Å². The van der Waals surface area contributed by atoms with Gasteiger partial charge in [-0.3, -0.25) is 0 Å². The van der Waals surface area contributed by atoms with Crippen molar-refractivity contribution in [3.8, 4) is 11.3 Å². The Balaban J connectivity index is 2.00. The van der Waals surface area contributed by atoms with Crippen LogP contribution in [-0.4, -0.2) is 16.5 Å². The van der Waals surface area contributed by atoms with Crippen molar-refractivity contribution < 1.29 is 0 Å². The lowest BCUT2D eigenvalue weighted by molar-refractivity contribution is 0.647. The van der Waals surface area contributed by atoms with Gasteiger partial charge in [0.15, 0.2) is 0 Å². The van der Waals surface area contributed by atoms with E-state index in [1.807, 2.05) is 6.20 Å². The van der Waals surface area contributed by atoms with Gasteiger partial charge in [-0.25, -0.2) is 4.98 Å². The predicted octanol–water partition coefficient (Wildman–Crippen LogP) is 3.56. The highest BCUT2D eigenvalue weighted by Gasteiger charge is 2.04. The first-order chi connectivity index (χ1) is 9.69. The highest BCUT2D eigenvalue weighted by Crippen LogP contribution is 2.19. The summed E-state index contributed by atoms with van der Waals surface area (Å²) in [6.07, 6.45) is 6.18. The number of nitrogens with two attached hydrogens (primary N) is 1. The maximum Gasteiger partial charge on any atom is 0.106 e. The predicted molar refractivity (Wildman–Crippen MR) is 84.6 cm³/mol. The maximum atomic E-state index is 5.51. The summed E-state index contributed by atoms with van der Waals surface area (Å²) >= 11 is 0. The number of hydrogen-bond acceptors (Lipinski definition) is 2. The minimum atomic E-state index is 0.696. The molecule has 3 nitrogen and oxygen atoms in total. The van der Waals surface area contributed by atoms with Gasteiger partial charge in [0.25, 0.3) is 0 Å². The first-order valence-corrected chi connectivity index (χ1v) is 7.52. The summed E-state index contributed by atoms with van der Waals surface area (Å²) in [5, 5.41) is 0. The highest BCUT2D eigenvalue weighted by atomic mass is 14.9. The number of nitrogens with zero attached hydrogens (tertiary/aromatic N) is 1. The molecule has 0 fully saturated rings. The van der Waals surface area contributed by atoms with Gasteiger partial charge < -0.3 is 10.7 Å². The topological polar surface area (TPSA) is 54.7 Å². The Bertz CT molecular complexity index is 511. The van der Waals surface area contributed by atoms with Crippen LogP contribution in [0.3, 0.4) is 0 Å². The Labute approximate surface area is 121 Å². The van der Waals surface area contributed by atoms with E-state index in [0.717, 1.165) is 43.7 Å². The first-order valence-electron chi connectivity index (χ1n) is 7.52. The fraction of sp³-hybridized carbons (Fsp3) is 0.471. The molecule has 0 aliphatic carbocycles. The molecule has 0 saturated heterocycles. The van der Waals surface area contributed by atoms with E-state index in [0.29, 0.717) is 5.92 Å². The third-order valence-electron chi connectivity index (χ3n) is 3.41. The van der Waals surface area contributed by atoms with Gasteiger partial charge in [0.05, 0.1) is 11.9 Å². The molecule has 2 aromatic rings. The Hall–Kier alpha value is -1.61. The normalized spacial score (nSPS) is 11.2. The van der Waals surface area contributed by atoms with E-state index in [1.165, 1.54) is 11.1 Å². The smallest absolute Gasteiger partial charge is 0.106 e. The summed E-state index contributed by atoms with van der Waals surface area (Å²) in [5.41, 5.74) is 9.21. The zero-order valence-corrected chi connectivity index (χ0v) is 12.5. The lowest BCUT2D eigenvalue weighted by Gasteiger charge is -2.05. The van der Waals surface area contributed by atoms with Crippen LogP contribution in [-0.2, 0) is 12.8 Å². The van der Waals surface area contributed by atoms with Gasteiger partial charge in [-0.2, -0.15) is 0 Å². The second kappa shape index (κ2) is 7.25. The maximum absolute atomic E-state index is 5.51. The minimum absolute atomic E-state index is 0.696. The van der Waals surface area contributed by atoms with Crippen LogP contribution in [0.1, 0.15) is 38.1 Å². The van der Waals surface area contributed by atoms with Crippen molar-refractivity contribution in [2.75, 3.05) is 6.54 Å². The lowest BCUT2D eigenvalue weighted by atomic mass is 10.0. The van der Waals surface area contributed by atoms with Gasteiger partial charge in [0.2, 0.25) is 0 Å². The monoisotopic (exact) mass is 271 g/mol. The molecule has 1 aromatic heterocycles. The van der Waals surface area contributed by atoms with Crippen molar-refractivity contribution in [1.82, 2.24) is 9.97 Å². The standard InChI is InChI=1S/C17H25N3/c1-13(2)11-14-6-8-15(9-7-14)16-12-19-17(20-16)5-3-4-10-18/h6-9,12-13H,3-5,10-11,18H2,1-2H3,(H,19,20). The third-order valence-corrected chi connectivity index (χ3v) is 3.41. The molecular formula is C17H25N3. The fourth-order valence-corrected chi connectivity index (χ4v) is 2.36. The molecule has 0 atom stereocenters. The Kier molecular flexibility index (Phi) is 5.36. The number of H-pyrrole nitrogens is 1. The van der Waals surface area contributed by atoms with Crippen LogP contribution >= 0.6 is 0 Å². The Morgan fingerprint density at radius 2 is 1.90 bits per heavy atom. The minimum Gasteiger partial charge on any atom is -0.342 e. The molecule has 1 heterocycles. The summed E-state index contributed by atoms with van der Waals surface area (Å²) in [6.45, 7) is 5.25. The third kappa shape index (κ3) is 4.20. The average Bonchev–Trinajstić information content (AvgIpc) is 2.88. The van der Waals surface area contributed by atoms with Crippen molar-refractivity contribution in [3.63, 3.8) is 0 Å². The largest absolute Gasteiger partial charge is 0.342 e. The number of unbranched alkanes of at least 4 members (excludes halogenated alkanes) is 1. The molecule has 3 heteroatoms. The van der Waals surface area contributed by atoms with Crippen LogP contribution < -0.4 is 5.73 Å². The zero-order valence-electron chi connectivity index (χ0n) is 12.5. The number of aryl methyl sites for hydroxylation is 1. The SMILES string of the molecule is CC(C)Cc1ccc(-c2cnc(CCCCN)[nH]2)cc1. The van der Waals surface area contributed by atoms with E-state index in [2.05, 4.69) is 48.1 Å². The molecule has 0 spiro atoms. The molecule has 108 valence electrons. The quantitative estimate of drug-likeness (QED) is 0.757. The van der Waals surface area contributed by atoms with Crippen LogP contribution in [0.4, 0.5) is 0 Å². The molecule has 1 aromatic carbocycles. The average molecular weight is 271 g/mol. The number of rotatable bonds is 7. The lowest BCUT2D eigenvalue weighted by Crippen LogP contribution is -1.99. The number of imidazole rings is 1. The van der Waals surface area contributed by atoms with Crippen LogP contribution in [0.25, 0.3) is 11.3 Å². The molecule has 2 rings (SSSR count). The van der Waals surface area contributed by atoms with E-state index >= 15 is 0 Å². The van der Waals surface area contributed by atoms with Crippen molar-refractivity contribution in [2.24, 2.45) is 11.7 Å². The van der Waals surface area contributed by atoms with Gasteiger partial charge in [-0.05, 0) is 42.9 Å². The van der Waals surface area contributed by atoms with Gasteiger partial charge in [0.1, 0.15) is 5.82 Å². The van der Waals surface area contributed by atoms with Crippen molar-refractivity contribution in [1.29, 1.82) is 0 Å². The number of benzene rings is 1. The molecule has 0 saturated carbocycles. The molecule has 0 radical (unpaired) electrons. The number of nitrogens with one attached hydrogen (secondary N) is 1. The van der Waals surface area contributed by atoms with Gasteiger partial charge in [0, 0.05) is 6.42 Å². The molecule has 0 amide bonds. The molecule has 0 aliphatic rings. The summed E-state index contributed by atoms with van der Waals surface area (Å²) < 4.78 is 0. The first kappa shape index (κ1) is 14.8. The molecule has 20 heavy (non-hydrogen) atoms. The van der Waals surface area contributed by atoms with E-state index in [4.69, 9.17) is 5.73 Å². The van der Waals surface area contributed by atoms with Crippen molar-refractivity contribution in [3.05, 3.63) is 41.9 Å². The number of hydrogen-bond donors (Lipinski definition) is 2. The Morgan fingerprint density at radius 1 is 1.15 bits per heavy atom. The van der Waals surface area contributed by atoms with Crippen LogP contribution in [0.2, 0.25) is 0 Å². The summed E-state index contributed by atoms with van der Waals surface area (Å²) in [6, 6.07) is 8.78. The van der Waals surface area contributed by atoms with Crippen LogP contribution in [0.15, 0.2) is 30.5 Å². The number of aromatic nitrogens is 2. The zero-order chi connectivity index (χ0) is 14.4. The van der Waals surface area contributed by atoms with Gasteiger partial charge in [-0.15, -0.1) is 0 Å². The molecular weight excluding hydrogens is 246 g/mol. The van der Waals surface area contributed by atoms with Crippen molar-refractivity contribution >= 4 is 0 Å².